The van der Waals surface area contributed by atoms with Gasteiger partial charge >= 0.3 is 0 Å². The van der Waals surface area contributed by atoms with Gasteiger partial charge in [0.1, 0.15) is 11.5 Å². The first-order valence-electron chi connectivity index (χ1n) is 5.21. The second-order valence-electron chi connectivity index (χ2n) is 4.00. The minimum atomic E-state index is 0.181. The Morgan fingerprint density at radius 2 is 2.12 bits per heavy atom. The van der Waals surface area contributed by atoms with Crippen molar-refractivity contribution >= 4 is 28.3 Å². The van der Waals surface area contributed by atoms with Crippen molar-refractivity contribution in [1.29, 1.82) is 0 Å². The van der Waals surface area contributed by atoms with Crippen LogP contribution in [0.25, 0.3) is 10.9 Å². The van der Waals surface area contributed by atoms with Gasteiger partial charge in [-0.3, -0.25) is 4.79 Å². The summed E-state index contributed by atoms with van der Waals surface area (Å²) in [7, 11) is 0. The van der Waals surface area contributed by atoms with Gasteiger partial charge in [-0.1, -0.05) is 17.7 Å². The van der Waals surface area contributed by atoms with Gasteiger partial charge in [0.15, 0.2) is 5.78 Å². The van der Waals surface area contributed by atoms with Crippen LogP contribution in [0.1, 0.15) is 23.2 Å². The van der Waals surface area contributed by atoms with Crippen molar-refractivity contribution < 1.29 is 4.79 Å². The van der Waals surface area contributed by atoms with Gasteiger partial charge < -0.3 is 0 Å². The van der Waals surface area contributed by atoms with E-state index in [2.05, 4.69) is 9.97 Å². The fourth-order valence-corrected chi connectivity index (χ4v) is 2.02. The highest BCUT2D eigenvalue weighted by Crippen LogP contribution is 2.34. The molecule has 0 bridgehead atoms. The smallest absolute Gasteiger partial charge is 0.168 e. The summed E-state index contributed by atoms with van der Waals surface area (Å²) in [5.74, 6) is 0.375. The van der Waals surface area contributed by atoms with E-state index in [1.807, 2.05) is 18.2 Å². The van der Waals surface area contributed by atoms with E-state index < -0.39 is 0 Å². The summed E-state index contributed by atoms with van der Waals surface area (Å²) >= 11 is 5.97. The van der Waals surface area contributed by atoms with Crippen molar-refractivity contribution in [1.82, 2.24) is 9.97 Å². The quantitative estimate of drug-likeness (QED) is 0.591. The molecule has 0 amide bonds. The van der Waals surface area contributed by atoms with E-state index in [-0.39, 0.29) is 11.7 Å². The van der Waals surface area contributed by atoms with E-state index >= 15 is 0 Å². The Labute approximate surface area is 97.5 Å². The lowest BCUT2D eigenvalue weighted by Crippen LogP contribution is -2.03. The summed E-state index contributed by atoms with van der Waals surface area (Å²) in [6.45, 7) is 0. The molecule has 1 aromatic carbocycles. The number of nitrogens with zero attached hydrogens (tertiary/aromatic N) is 2. The van der Waals surface area contributed by atoms with E-state index in [1.165, 1.54) is 6.33 Å². The summed E-state index contributed by atoms with van der Waals surface area (Å²) in [6.07, 6.45) is 3.39. The Kier molecular flexibility index (Phi) is 2.14. The van der Waals surface area contributed by atoms with Crippen LogP contribution in [0.5, 0.6) is 0 Å². The average molecular weight is 233 g/mol. The van der Waals surface area contributed by atoms with E-state index in [1.54, 1.807) is 0 Å². The maximum atomic E-state index is 12.0. The molecule has 80 valence electrons. The topological polar surface area (TPSA) is 42.9 Å². The first-order chi connectivity index (χ1) is 7.77. The molecule has 0 N–H and O–H groups in total. The molecule has 1 aliphatic carbocycles. The number of hydrogen-bond donors (Lipinski definition) is 0. The maximum Gasteiger partial charge on any atom is 0.168 e. The number of Topliss-reactive ketones (excluding diaryl/α,β-unsaturated/α-hetero) is 1. The number of para-hydroxylation sites is 1. The number of carbonyl (C=O) groups is 1. The lowest BCUT2D eigenvalue weighted by molar-refractivity contribution is 0.0969. The molecular weight excluding hydrogens is 224 g/mol. The molecule has 1 aliphatic rings. The molecule has 0 spiro atoms. The predicted octanol–water partition coefficient (Wildman–Crippen LogP) is 2.88. The van der Waals surface area contributed by atoms with Gasteiger partial charge in [0.25, 0.3) is 0 Å². The molecule has 2 aromatic rings. The number of benzene rings is 1. The van der Waals surface area contributed by atoms with Crippen LogP contribution in [0, 0.1) is 5.92 Å². The molecule has 0 aliphatic heterocycles. The highest BCUT2D eigenvalue weighted by Gasteiger charge is 2.31. The van der Waals surface area contributed by atoms with Crippen LogP contribution >= 0.6 is 11.6 Å². The summed E-state index contributed by atoms with van der Waals surface area (Å²) in [5, 5.41) is 1.14. The van der Waals surface area contributed by atoms with Crippen LogP contribution in [0.3, 0.4) is 0 Å². The van der Waals surface area contributed by atoms with Gasteiger partial charge in [0.05, 0.1) is 5.52 Å². The van der Waals surface area contributed by atoms with Crippen molar-refractivity contribution in [3.63, 3.8) is 0 Å². The van der Waals surface area contributed by atoms with E-state index in [9.17, 15) is 4.79 Å². The van der Waals surface area contributed by atoms with E-state index in [0.717, 1.165) is 18.2 Å². The number of aromatic nitrogens is 2. The Balaban J connectivity index is 2.24. The fourth-order valence-electron chi connectivity index (χ4n) is 1.82. The maximum absolute atomic E-state index is 12.0. The standard InChI is InChI=1S/C12H9ClN2O/c13-12-9-3-1-2-8(10(9)14-6-15-12)11(16)7-4-5-7/h1-3,6-7H,4-5H2. The Morgan fingerprint density at radius 3 is 2.88 bits per heavy atom. The summed E-state index contributed by atoms with van der Waals surface area (Å²) in [4.78, 5) is 20.1. The van der Waals surface area contributed by atoms with Gasteiger partial charge in [-0.15, -0.1) is 0 Å². The zero-order valence-electron chi connectivity index (χ0n) is 8.48. The summed E-state index contributed by atoms with van der Waals surface area (Å²) in [6, 6.07) is 5.47. The Bertz CT molecular complexity index is 578. The van der Waals surface area contributed by atoms with E-state index in [4.69, 9.17) is 11.6 Å². The van der Waals surface area contributed by atoms with Crippen molar-refractivity contribution in [3.8, 4) is 0 Å². The molecule has 3 nitrogen and oxygen atoms in total. The molecule has 0 radical (unpaired) electrons. The van der Waals surface area contributed by atoms with Crippen LogP contribution in [-0.4, -0.2) is 15.8 Å². The highest BCUT2D eigenvalue weighted by atomic mass is 35.5. The number of halogens is 1. The van der Waals surface area contributed by atoms with Crippen molar-refractivity contribution in [2.75, 3.05) is 0 Å². The van der Waals surface area contributed by atoms with Gasteiger partial charge in [-0.05, 0) is 25.0 Å². The van der Waals surface area contributed by atoms with E-state index in [0.29, 0.717) is 16.2 Å². The molecule has 16 heavy (non-hydrogen) atoms. The normalized spacial score (nSPS) is 15.3. The summed E-state index contributed by atoms with van der Waals surface area (Å²) in [5.41, 5.74) is 1.34. The fraction of sp³-hybridized carbons (Fsp3) is 0.250. The Hall–Kier alpha value is -1.48. The Morgan fingerprint density at radius 1 is 1.31 bits per heavy atom. The highest BCUT2D eigenvalue weighted by molar-refractivity contribution is 6.34. The lowest BCUT2D eigenvalue weighted by Gasteiger charge is -2.04. The molecule has 1 aromatic heterocycles. The molecule has 3 rings (SSSR count). The van der Waals surface area contributed by atoms with Crippen molar-refractivity contribution in [2.24, 2.45) is 5.92 Å². The number of rotatable bonds is 2. The largest absolute Gasteiger partial charge is 0.294 e. The predicted molar refractivity (Wildman–Crippen MR) is 61.6 cm³/mol. The average Bonchev–Trinajstić information content (AvgIpc) is 3.12. The number of fused-ring (bicyclic) bond motifs is 1. The molecule has 0 saturated heterocycles. The summed E-state index contributed by atoms with van der Waals surface area (Å²) < 4.78 is 0. The van der Waals surface area contributed by atoms with Gasteiger partial charge in [0, 0.05) is 16.9 Å². The van der Waals surface area contributed by atoms with Crippen LogP contribution in [0.4, 0.5) is 0 Å². The lowest BCUT2D eigenvalue weighted by atomic mass is 10.0. The van der Waals surface area contributed by atoms with Crippen molar-refractivity contribution in [3.05, 3.63) is 35.2 Å². The third-order valence-corrected chi connectivity index (χ3v) is 3.13. The minimum Gasteiger partial charge on any atom is -0.294 e. The zero-order chi connectivity index (χ0) is 11.1. The number of hydrogen-bond acceptors (Lipinski definition) is 3. The molecule has 1 saturated carbocycles. The van der Waals surface area contributed by atoms with Crippen molar-refractivity contribution in [2.45, 2.75) is 12.8 Å². The van der Waals surface area contributed by atoms with Crippen LogP contribution in [0.15, 0.2) is 24.5 Å². The third-order valence-electron chi connectivity index (χ3n) is 2.83. The monoisotopic (exact) mass is 232 g/mol. The van der Waals surface area contributed by atoms with Gasteiger partial charge in [0.2, 0.25) is 0 Å². The van der Waals surface area contributed by atoms with Gasteiger partial charge in [-0.2, -0.15) is 0 Å². The SMILES string of the molecule is O=C(c1cccc2c(Cl)ncnc12)C1CC1. The number of carbonyl (C=O) groups excluding carboxylic acids is 1. The second-order valence-corrected chi connectivity index (χ2v) is 4.36. The number of ketones is 1. The van der Waals surface area contributed by atoms with Gasteiger partial charge in [-0.25, -0.2) is 9.97 Å². The zero-order valence-corrected chi connectivity index (χ0v) is 9.24. The molecule has 0 unspecified atom stereocenters. The molecule has 1 heterocycles. The molecule has 1 fully saturated rings. The van der Waals surface area contributed by atoms with Crippen LogP contribution in [0.2, 0.25) is 5.15 Å². The first kappa shape index (κ1) is 9.73. The third kappa shape index (κ3) is 1.48. The first-order valence-corrected chi connectivity index (χ1v) is 5.58. The van der Waals surface area contributed by atoms with Crippen LogP contribution < -0.4 is 0 Å². The second kappa shape index (κ2) is 3.52. The molecule has 0 atom stereocenters. The minimum absolute atomic E-state index is 0.181. The molecule has 4 heteroatoms. The van der Waals surface area contributed by atoms with Crippen LogP contribution in [-0.2, 0) is 0 Å². The molecular formula is C12H9ClN2O.